The molecule has 0 unspecified atom stereocenters. The van der Waals surface area contributed by atoms with Gasteiger partial charge in [-0.05, 0) is 28.8 Å². The lowest BCUT2D eigenvalue weighted by atomic mass is 9.70. The number of nitrogens with one attached hydrogen (secondary N) is 1. The molecule has 1 heterocycles. The van der Waals surface area contributed by atoms with Gasteiger partial charge in [0.15, 0.2) is 11.2 Å². The molecule has 3 aromatic carbocycles. The highest BCUT2D eigenvalue weighted by Crippen LogP contribution is 2.69. The van der Waals surface area contributed by atoms with E-state index in [1.807, 2.05) is 30.3 Å². The fraction of sp³-hybridized carbons (Fsp3) is 0.286. The van der Waals surface area contributed by atoms with Crippen LogP contribution in [0.15, 0.2) is 66.7 Å². The summed E-state index contributed by atoms with van der Waals surface area (Å²) in [5.74, 6) is -1.94. The van der Waals surface area contributed by atoms with Gasteiger partial charge in [0.1, 0.15) is 23.9 Å². The summed E-state index contributed by atoms with van der Waals surface area (Å²) >= 11 is 0. The Kier molecular flexibility index (Phi) is 5.83. The topological polar surface area (TPSA) is 125 Å². The van der Waals surface area contributed by atoms with Crippen LogP contribution in [-0.4, -0.2) is 47.8 Å². The SMILES string of the molecule is CNC(=O)[C@H]1[C@@H](O)[C@@]2(O)c3c(OC)cc(CO)cc3O[C@@]2(c2ccc(C=O)cc2)[C@@H]1c1ccccc1. The van der Waals surface area contributed by atoms with Gasteiger partial charge in [-0.1, -0.05) is 54.6 Å². The summed E-state index contributed by atoms with van der Waals surface area (Å²) in [5.41, 5.74) is -1.53. The number of hydrogen-bond acceptors (Lipinski definition) is 7. The van der Waals surface area contributed by atoms with E-state index in [0.29, 0.717) is 28.5 Å². The molecule has 8 heteroatoms. The number of aldehydes is 1. The van der Waals surface area contributed by atoms with Gasteiger partial charge in [0.2, 0.25) is 5.91 Å². The van der Waals surface area contributed by atoms with E-state index >= 15 is 0 Å². The average molecular weight is 490 g/mol. The first kappa shape index (κ1) is 24.0. The molecule has 0 bridgehead atoms. The molecule has 5 atom stereocenters. The van der Waals surface area contributed by atoms with Crippen LogP contribution in [0.1, 0.15) is 38.5 Å². The van der Waals surface area contributed by atoms with Gasteiger partial charge < -0.3 is 30.1 Å². The van der Waals surface area contributed by atoms with Crippen molar-refractivity contribution in [2.24, 2.45) is 5.92 Å². The third-order valence-corrected chi connectivity index (χ3v) is 7.50. The van der Waals surface area contributed by atoms with Crippen LogP contribution in [0.4, 0.5) is 0 Å². The number of rotatable bonds is 6. The molecule has 36 heavy (non-hydrogen) atoms. The van der Waals surface area contributed by atoms with E-state index in [2.05, 4.69) is 5.32 Å². The first-order chi connectivity index (χ1) is 17.4. The van der Waals surface area contributed by atoms with Gasteiger partial charge in [0.25, 0.3) is 0 Å². The smallest absolute Gasteiger partial charge is 0.226 e. The summed E-state index contributed by atoms with van der Waals surface area (Å²) in [6, 6.07) is 18.8. The molecule has 4 N–H and O–H groups in total. The van der Waals surface area contributed by atoms with Crippen LogP contribution in [0.2, 0.25) is 0 Å². The highest BCUT2D eigenvalue weighted by Gasteiger charge is 2.78. The maximum atomic E-state index is 13.3. The van der Waals surface area contributed by atoms with Gasteiger partial charge in [0, 0.05) is 18.5 Å². The summed E-state index contributed by atoms with van der Waals surface area (Å²) in [5, 5.41) is 36.9. The Morgan fingerprint density at radius 3 is 2.42 bits per heavy atom. The zero-order valence-corrected chi connectivity index (χ0v) is 19.8. The highest BCUT2D eigenvalue weighted by molar-refractivity contribution is 5.83. The quantitative estimate of drug-likeness (QED) is 0.390. The van der Waals surface area contributed by atoms with Gasteiger partial charge in [0.05, 0.1) is 25.2 Å². The molecule has 1 fully saturated rings. The molecule has 5 rings (SSSR count). The maximum Gasteiger partial charge on any atom is 0.226 e. The number of carbonyl (C=O) groups is 2. The second-order valence-corrected chi connectivity index (χ2v) is 9.15. The van der Waals surface area contributed by atoms with Crippen molar-refractivity contribution < 1.29 is 34.4 Å². The van der Waals surface area contributed by atoms with Crippen molar-refractivity contribution in [3.05, 3.63) is 94.5 Å². The molecule has 1 aliphatic carbocycles. The third-order valence-electron chi connectivity index (χ3n) is 7.50. The molecular formula is C28H27NO7. The molecule has 0 aromatic heterocycles. The predicted octanol–water partition coefficient (Wildman–Crippen LogP) is 2.00. The molecule has 2 aliphatic rings. The number of carbonyl (C=O) groups excluding carboxylic acids is 2. The van der Waals surface area contributed by atoms with E-state index in [0.717, 1.165) is 0 Å². The fourth-order valence-electron chi connectivity index (χ4n) is 5.98. The molecule has 1 aliphatic heterocycles. The molecule has 8 nitrogen and oxygen atoms in total. The lowest BCUT2D eigenvalue weighted by Gasteiger charge is -2.40. The lowest BCUT2D eigenvalue weighted by molar-refractivity contribution is -0.154. The van der Waals surface area contributed by atoms with Crippen LogP contribution in [0.25, 0.3) is 0 Å². The zero-order chi connectivity index (χ0) is 25.7. The number of methoxy groups -OCH3 is 1. The number of benzene rings is 3. The second-order valence-electron chi connectivity index (χ2n) is 9.15. The van der Waals surface area contributed by atoms with Crippen LogP contribution in [-0.2, 0) is 22.6 Å². The molecule has 0 saturated heterocycles. The predicted molar refractivity (Wildman–Crippen MR) is 130 cm³/mol. The van der Waals surface area contributed by atoms with Crippen molar-refractivity contribution in [3.63, 3.8) is 0 Å². The van der Waals surface area contributed by atoms with E-state index < -0.39 is 35.0 Å². The zero-order valence-electron chi connectivity index (χ0n) is 19.8. The van der Waals surface area contributed by atoms with E-state index in [1.54, 1.807) is 36.4 Å². The minimum Gasteiger partial charge on any atom is -0.496 e. The standard InChI is InChI=1S/C28H27NO7/c1-29-26(33)22-23(18-6-4-3-5-7-18)28(19-10-8-16(14-30)9-11-19)27(34,25(22)32)24-20(35-2)12-17(15-31)13-21(24)36-28/h3-14,22-23,25,31-32,34H,15H2,1-2H3,(H,29,33)/t22-,23-,25-,27+,28+/m1/s1. The fourth-order valence-corrected chi connectivity index (χ4v) is 5.98. The molecule has 0 radical (unpaired) electrons. The number of aliphatic hydroxyl groups excluding tert-OH is 2. The summed E-state index contributed by atoms with van der Waals surface area (Å²) in [7, 11) is 2.90. The molecule has 1 saturated carbocycles. The van der Waals surface area contributed by atoms with Crippen molar-refractivity contribution >= 4 is 12.2 Å². The molecule has 3 aromatic rings. The highest BCUT2D eigenvalue weighted by atomic mass is 16.5. The number of hydrogen-bond donors (Lipinski definition) is 4. The van der Waals surface area contributed by atoms with Gasteiger partial charge in [-0.2, -0.15) is 0 Å². The summed E-state index contributed by atoms with van der Waals surface area (Å²) < 4.78 is 12.3. The Labute approximate surface area is 208 Å². The van der Waals surface area contributed by atoms with Crippen molar-refractivity contribution in [1.82, 2.24) is 5.32 Å². The number of fused-ring (bicyclic) bond motifs is 3. The van der Waals surface area contributed by atoms with Crippen LogP contribution in [0.5, 0.6) is 11.5 Å². The van der Waals surface area contributed by atoms with Gasteiger partial charge >= 0.3 is 0 Å². The number of ether oxygens (including phenoxy) is 2. The summed E-state index contributed by atoms with van der Waals surface area (Å²) in [6.45, 7) is -0.294. The van der Waals surface area contributed by atoms with Crippen molar-refractivity contribution in [2.45, 2.75) is 29.8 Å². The lowest BCUT2D eigenvalue weighted by Crippen LogP contribution is -2.52. The molecule has 186 valence electrons. The molecular weight excluding hydrogens is 462 g/mol. The molecule has 0 spiro atoms. The van der Waals surface area contributed by atoms with Crippen molar-refractivity contribution in [1.29, 1.82) is 0 Å². The summed E-state index contributed by atoms with van der Waals surface area (Å²) in [6.07, 6.45) is -0.886. The minimum atomic E-state index is -2.12. The van der Waals surface area contributed by atoms with E-state index in [9.17, 15) is 24.9 Å². The van der Waals surface area contributed by atoms with Gasteiger partial charge in [-0.25, -0.2) is 0 Å². The Bertz CT molecular complexity index is 1310. The third kappa shape index (κ3) is 3.05. The minimum absolute atomic E-state index is 0.196. The van der Waals surface area contributed by atoms with Crippen LogP contribution in [0, 0.1) is 5.92 Å². The van der Waals surface area contributed by atoms with Gasteiger partial charge in [-0.15, -0.1) is 0 Å². The number of amides is 1. The Morgan fingerprint density at radius 2 is 1.83 bits per heavy atom. The van der Waals surface area contributed by atoms with Crippen LogP contribution >= 0.6 is 0 Å². The second kappa shape index (κ2) is 8.74. The normalized spacial score (nSPS) is 28.1. The first-order valence-corrected chi connectivity index (χ1v) is 11.6. The largest absolute Gasteiger partial charge is 0.496 e. The maximum absolute atomic E-state index is 13.3. The van der Waals surface area contributed by atoms with Gasteiger partial charge in [-0.3, -0.25) is 9.59 Å². The van der Waals surface area contributed by atoms with Crippen molar-refractivity contribution in [2.75, 3.05) is 14.2 Å². The van der Waals surface area contributed by atoms with E-state index in [-0.39, 0.29) is 23.7 Å². The van der Waals surface area contributed by atoms with Crippen molar-refractivity contribution in [3.8, 4) is 11.5 Å². The summed E-state index contributed by atoms with van der Waals surface area (Å²) in [4.78, 5) is 24.6. The van der Waals surface area contributed by atoms with Crippen LogP contribution < -0.4 is 14.8 Å². The van der Waals surface area contributed by atoms with Crippen LogP contribution in [0.3, 0.4) is 0 Å². The van der Waals surface area contributed by atoms with E-state index in [1.165, 1.54) is 14.2 Å². The van der Waals surface area contributed by atoms with E-state index in [4.69, 9.17) is 9.47 Å². The molecule has 1 amide bonds. The first-order valence-electron chi connectivity index (χ1n) is 11.6. The Balaban J connectivity index is 1.89. The Hall–Kier alpha value is -3.72. The Morgan fingerprint density at radius 1 is 1.14 bits per heavy atom. The average Bonchev–Trinajstić information content (AvgIpc) is 3.30. The number of aliphatic hydroxyl groups is 3. The monoisotopic (exact) mass is 489 g/mol.